The van der Waals surface area contributed by atoms with Crippen molar-refractivity contribution in [3.05, 3.63) is 35.9 Å². The lowest BCUT2D eigenvalue weighted by Crippen LogP contribution is -2.61. The number of imide groups is 1. The number of alkyl halides is 2. The number of fused-ring (bicyclic) bond motifs is 2. The first-order chi connectivity index (χ1) is 20.1. The Morgan fingerprint density at radius 2 is 1.65 bits per heavy atom. The zero-order valence-electron chi connectivity index (χ0n) is 25.2. The van der Waals surface area contributed by atoms with Crippen LogP contribution in [0.25, 0.3) is 0 Å². The first-order valence-corrected chi connectivity index (χ1v) is 15.8. The smallest absolute Gasteiger partial charge is 0.327 e. The Morgan fingerprint density at radius 3 is 2.21 bits per heavy atom. The van der Waals surface area contributed by atoms with Crippen LogP contribution in [0, 0.1) is 11.8 Å². The highest BCUT2D eigenvalue weighted by Crippen LogP contribution is 2.48. The second-order valence-corrected chi connectivity index (χ2v) is 13.5. The summed E-state index contributed by atoms with van der Waals surface area (Å²) < 4.78 is 32.7. The molecule has 0 radical (unpaired) electrons. The van der Waals surface area contributed by atoms with Gasteiger partial charge in [-0.05, 0) is 64.4 Å². The quantitative estimate of drug-likeness (QED) is 0.385. The summed E-state index contributed by atoms with van der Waals surface area (Å²) in [6.07, 6.45) is 3.86. The van der Waals surface area contributed by atoms with E-state index in [9.17, 15) is 23.2 Å². The summed E-state index contributed by atoms with van der Waals surface area (Å²) in [5, 5.41) is 3.20. The second-order valence-electron chi connectivity index (χ2n) is 13.5. The van der Waals surface area contributed by atoms with Crippen LogP contribution < -0.4 is 5.32 Å². The number of piperidine rings is 1. The lowest BCUT2D eigenvalue weighted by Gasteiger charge is -2.48. The fourth-order valence-electron chi connectivity index (χ4n) is 8.21. The Kier molecular flexibility index (Phi) is 9.41. The van der Waals surface area contributed by atoms with Crippen molar-refractivity contribution in [3.63, 3.8) is 0 Å². The van der Waals surface area contributed by atoms with Crippen molar-refractivity contribution in [2.24, 2.45) is 11.8 Å². The van der Waals surface area contributed by atoms with Gasteiger partial charge in [0.05, 0.1) is 19.3 Å². The fraction of sp³-hybridized carbons (Fsp3) is 0.719. The van der Waals surface area contributed by atoms with Gasteiger partial charge in [-0.25, -0.2) is 13.6 Å². The number of ether oxygens (including phenoxy) is 1. The summed E-state index contributed by atoms with van der Waals surface area (Å²) in [7, 11) is 0. The molecule has 4 heterocycles. The molecule has 1 N–H and O–H groups in total. The molecule has 1 aromatic rings. The van der Waals surface area contributed by atoms with Crippen molar-refractivity contribution in [1.29, 1.82) is 0 Å². The number of carbonyl (C=O) groups excluding carboxylic acids is 3. The molecule has 1 aromatic carbocycles. The van der Waals surface area contributed by atoms with Gasteiger partial charge in [0.2, 0.25) is 11.8 Å². The molecule has 43 heavy (non-hydrogen) atoms. The van der Waals surface area contributed by atoms with E-state index in [0.29, 0.717) is 39.0 Å². The molecule has 4 aliphatic heterocycles. The molecule has 4 amide bonds. The Bertz CT molecular complexity index is 1160. The maximum absolute atomic E-state index is 14.0. The second kappa shape index (κ2) is 12.6. The van der Waals surface area contributed by atoms with Gasteiger partial charge in [0.1, 0.15) is 5.54 Å². The highest BCUT2D eigenvalue weighted by molar-refractivity contribution is 6.07. The molecule has 8 nitrogen and oxygen atoms in total. The van der Waals surface area contributed by atoms with Crippen LogP contribution in [0.2, 0.25) is 0 Å². The standard InChI is InChI=1S/C32H44F2N4O4.ClH/c1-21(2)38-30(41)37(18-22-19-42-20-22)29(40)31(38)16-25-8-9-26(17-31)36(25)15-12-27(23-6-4-3-5-7-23)35-28(39)24-10-13-32(33,34)14-11-24;/h3-7,21-22,24-27H,8-20H2,1-2H3,(H,35,39);1H/t25?,26?,27-,31?;/m0./s1. The normalized spacial score (nSPS) is 30.1. The Hall–Kier alpha value is -2.30. The van der Waals surface area contributed by atoms with Gasteiger partial charge >= 0.3 is 6.03 Å². The molecule has 2 bridgehead atoms. The summed E-state index contributed by atoms with van der Waals surface area (Å²) in [6.45, 7) is 6.36. The van der Waals surface area contributed by atoms with Crippen LogP contribution in [0.4, 0.5) is 13.6 Å². The summed E-state index contributed by atoms with van der Waals surface area (Å²) in [5.74, 6) is -3.02. The van der Waals surface area contributed by atoms with Crippen LogP contribution in [0.5, 0.6) is 0 Å². The predicted octanol–water partition coefficient (Wildman–Crippen LogP) is 5.17. The van der Waals surface area contributed by atoms with E-state index in [2.05, 4.69) is 10.2 Å². The molecule has 238 valence electrons. The number of rotatable bonds is 9. The summed E-state index contributed by atoms with van der Waals surface area (Å²) in [5.41, 5.74) is 0.208. The van der Waals surface area contributed by atoms with Gasteiger partial charge in [0.25, 0.3) is 5.91 Å². The molecule has 5 aliphatic rings. The van der Waals surface area contributed by atoms with E-state index in [1.54, 1.807) is 0 Å². The molecule has 1 spiro atoms. The maximum atomic E-state index is 14.0. The Morgan fingerprint density at radius 1 is 1.02 bits per heavy atom. The maximum Gasteiger partial charge on any atom is 0.327 e. The van der Waals surface area contributed by atoms with Crippen molar-refractivity contribution in [2.45, 2.75) is 107 Å². The van der Waals surface area contributed by atoms with E-state index >= 15 is 0 Å². The van der Waals surface area contributed by atoms with E-state index in [4.69, 9.17) is 4.74 Å². The number of hydrogen-bond acceptors (Lipinski definition) is 5. The van der Waals surface area contributed by atoms with Gasteiger partial charge in [0.15, 0.2) is 0 Å². The fourth-order valence-corrected chi connectivity index (χ4v) is 8.21. The minimum Gasteiger partial charge on any atom is -0.381 e. The molecule has 4 saturated heterocycles. The highest BCUT2D eigenvalue weighted by Gasteiger charge is 2.63. The molecule has 0 aromatic heterocycles. The molecule has 11 heteroatoms. The van der Waals surface area contributed by atoms with Crippen LogP contribution in [0.15, 0.2) is 30.3 Å². The molecular formula is C32H45ClF2N4O4. The van der Waals surface area contributed by atoms with Gasteiger partial charge in [0, 0.05) is 55.9 Å². The van der Waals surface area contributed by atoms with Crippen LogP contribution in [0.1, 0.15) is 83.2 Å². The molecule has 5 fully saturated rings. The topological polar surface area (TPSA) is 82.2 Å². The van der Waals surface area contributed by atoms with Crippen molar-refractivity contribution >= 4 is 30.3 Å². The molecule has 1 aliphatic carbocycles. The van der Waals surface area contributed by atoms with Gasteiger partial charge in [-0.1, -0.05) is 30.3 Å². The molecule has 2 unspecified atom stereocenters. The van der Waals surface area contributed by atoms with Crippen LogP contribution in [0.3, 0.4) is 0 Å². The minimum atomic E-state index is -2.67. The molecular weight excluding hydrogens is 578 g/mol. The van der Waals surface area contributed by atoms with Gasteiger partial charge in [-0.2, -0.15) is 0 Å². The predicted molar refractivity (Wildman–Crippen MR) is 160 cm³/mol. The van der Waals surface area contributed by atoms with Gasteiger partial charge in [-0.3, -0.25) is 19.4 Å². The van der Waals surface area contributed by atoms with Crippen LogP contribution in [-0.2, 0) is 14.3 Å². The Labute approximate surface area is 259 Å². The van der Waals surface area contributed by atoms with Crippen molar-refractivity contribution in [1.82, 2.24) is 20.0 Å². The molecule has 3 atom stereocenters. The summed E-state index contributed by atoms with van der Waals surface area (Å²) in [6, 6.07) is 9.76. The lowest BCUT2D eigenvalue weighted by atomic mass is 9.80. The third kappa shape index (κ3) is 6.16. The largest absolute Gasteiger partial charge is 0.381 e. The van der Waals surface area contributed by atoms with E-state index in [1.165, 1.54) is 4.90 Å². The summed E-state index contributed by atoms with van der Waals surface area (Å²) in [4.78, 5) is 46.6. The van der Waals surface area contributed by atoms with Gasteiger partial charge < -0.3 is 15.0 Å². The minimum absolute atomic E-state index is 0. The number of amides is 4. The summed E-state index contributed by atoms with van der Waals surface area (Å²) >= 11 is 0. The number of nitrogens with zero attached hydrogens (tertiary/aromatic N) is 3. The van der Waals surface area contributed by atoms with Crippen LogP contribution in [-0.4, -0.2) is 88.4 Å². The average molecular weight is 623 g/mol. The van der Waals surface area contributed by atoms with Crippen molar-refractivity contribution in [2.75, 3.05) is 26.3 Å². The third-order valence-electron chi connectivity index (χ3n) is 10.4. The number of urea groups is 1. The van der Waals surface area contributed by atoms with E-state index in [-0.39, 0.29) is 91.9 Å². The van der Waals surface area contributed by atoms with E-state index in [0.717, 1.165) is 24.9 Å². The van der Waals surface area contributed by atoms with Crippen molar-refractivity contribution in [3.8, 4) is 0 Å². The SMILES string of the molecule is CC(C)N1C(=O)N(CC2COC2)C(=O)C12CC1CCC(C2)N1CC[C@H](NC(=O)C1CCC(F)(F)CC1)c1ccccc1.Cl. The van der Waals surface area contributed by atoms with E-state index < -0.39 is 11.5 Å². The monoisotopic (exact) mass is 622 g/mol. The van der Waals surface area contributed by atoms with Crippen molar-refractivity contribution < 1.29 is 27.9 Å². The molecule has 6 rings (SSSR count). The van der Waals surface area contributed by atoms with Gasteiger partial charge in [-0.15, -0.1) is 12.4 Å². The number of carbonyl (C=O) groups is 3. The first kappa shape index (κ1) is 32.1. The Balaban J connectivity index is 0.00000368. The number of halogens is 3. The lowest BCUT2D eigenvalue weighted by molar-refractivity contribution is -0.140. The number of hydrogen-bond donors (Lipinski definition) is 1. The zero-order chi connectivity index (χ0) is 29.6. The first-order valence-electron chi connectivity index (χ1n) is 15.8. The molecule has 1 saturated carbocycles. The highest BCUT2D eigenvalue weighted by atomic mass is 35.5. The van der Waals surface area contributed by atoms with Crippen LogP contribution >= 0.6 is 12.4 Å². The number of benzene rings is 1. The number of nitrogens with one attached hydrogen (secondary N) is 1. The zero-order valence-corrected chi connectivity index (χ0v) is 26.0. The average Bonchev–Trinajstić information content (AvgIpc) is 3.28. The van der Waals surface area contributed by atoms with E-state index in [1.807, 2.05) is 49.1 Å². The third-order valence-corrected chi connectivity index (χ3v) is 10.4.